The van der Waals surface area contributed by atoms with Crippen LogP contribution in [0.15, 0.2) is 72.8 Å². The molecule has 8 nitrogen and oxygen atoms in total. The van der Waals surface area contributed by atoms with Crippen LogP contribution >= 0.6 is 0 Å². The number of ether oxygens (including phenoxy) is 1. The molecule has 3 aliphatic rings. The minimum absolute atomic E-state index is 0.00367. The average Bonchev–Trinajstić information content (AvgIpc) is 3.38. The number of imide groups is 1. The molecule has 0 unspecified atom stereocenters. The molecule has 0 radical (unpaired) electrons. The van der Waals surface area contributed by atoms with Gasteiger partial charge in [0.05, 0.1) is 17.0 Å². The number of rotatable bonds is 4. The highest BCUT2D eigenvalue weighted by atomic mass is 16.7. The zero-order valence-corrected chi connectivity index (χ0v) is 20.8. The van der Waals surface area contributed by atoms with E-state index in [2.05, 4.69) is 24.3 Å². The van der Waals surface area contributed by atoms with E-state index in [1.807, 2.05) is 31.2 Å². The molecular weight excluding hydrogens is 484 g/mol. The van der Waals surface area contributed by atoms with Crippen LogP contribution in [0.5, 0.6) is 0 Å². The summed E-state index contributed by atoms with van der Waals surface area (Å²) in [5, 5.41) is 0.518. The molecule has 6 rings (SSSR count). The van der Waals surface area contributed by atoms with Crippen molar-refractivity contribution < 1.29 is 28.8 Å². The van der Waals surface area contributed by atoms with Gasteiger partial charge in [0.15, 0.2) is 0 Å². The summed E-state index contributed by atoms with van der Waals surface area (Å²) < 4.78 is 5.78. The van der Waals surface area contributed by atoms with E-state index in [0.29, 0.717) is 18.0 Å². The third kappa shape index (κ3) is 4.02. The molecule has 1 aliphatic carbocycles. The highest BCUT2D eigenvalue weighted by Crippen LogP contribution is 2.44. The summed E-state index contributed by atoms with van der Waals surface area (Å²) in [6.07, 6.45) is -0.0354. The van der Waals surface area contributed by atoms with Gasteiger partial charge in [0.2, 0.25) is 0 Å². The third-order valence-corrected chi connectivity index (χ3v) is 7.53. The molecule has 2 heterocycles. The Morgan fingerprint density at radius 1 is 0.789 bits per heavy atom. The first kappa shape index (κ1) is 23.9. The van der Waals surface area contributed by atoms with E-state index in [1.54, 1.807) is 12.1 Å². The van der Waals surface area contributed by atoms with Gasteiger partial charge in [-0.2, -0.15) is 0 Å². The predicted molar refractivity (Wildman–Crippen MR) is 137 cm³/mol. The van der Waals surface area contributed by atoms with E-state index in [9.17, 15) is 19.2 Å². The number of carbonyl (C=O) groups excluding carboxylic acids is 4. The molecule has 8 heteroatoms. The van der Waals surface area contributed by atoms with Gasteiger partial charge < -0.3 is 14.5 Å². The highest BCUT2D eigenvalue weighted by molar-refractivity contribution is 6.20. The Kier molecular flexibility index (Phi) is 5.94. The van der Waals surface area contributed by atoms with E-state index >= 15 is 0 Å². The van der Waals surface area contributed by atoms with Crippen molar-refractivity contribution in [2.24, 2.45) is 11.8 Å². The van der Waals surface area contributed by atoms with E-state index in [0.717, 1.165) is 22.3 Å². The number of piperidine rings is 1. The van der Waals surface area contributed by atoms with Gasteiger partial charge in [-0.1, -0.05) is 72.7 Å². The van der Waals surface area contributed by atoms with Crippen molar-refractivity contribution in [2.75, 3.05) is 19.7 Å². The maximum Gasteiger partial charge on any atom is 0.409 e. The Morgan fingerprint density at radius 3 is 1.89 bits per heavy atom. The number of carbonyl (C=O) groups is 4. The summed E-state index contributed by atoms with van der Waals surface area (Å²) in [6.45, 7) is 2.64. The van der Waals surface area contributed by atoms with Crippen molar-refractivity contribution in [3.8, 4) is 11.1 Å². The Bertz CT molecular complexity index is 1390. The van der Waals surface area contributed by atoms with Crippen LogP contribution in [0.1, 0.15) is 51.1 Å². The molecule has 38 heavy (non-hydrogen) atoms. The number of hydrogen-bond donors (Lipinski definition) is 0. The van der Waals surface area contributed by atoms with E-state index in [-0.39, 0.29) is 36.1 Å². The first-order valence-corrected chi connectivity index (χ1v) is 12.7. The second kappa shape index (κ2) is 9.45. The van der Waals surface area contributed by atoms with E-state index < -0.39 is 29.8 Å². The maximum absolute atomic E-state index is 13.1. The van der Waals surface area contributed by atoms with Crippen LogP contribution in [0, 0.1) is 11.8 Å². The quantitative estimate of drug-likeness (QED) is 0.475. The fourth-order valence-electron chi connectivity index (χ4n) is 5.77. The summed E-state index contributed by atoms with van der Waals surface area (Å²) in [5.41, 5.74) is 4.93. The van der Waals surface area contributed by atoms with Crippen LogP contribution in [0.25, 0.3) is 11.1 Å². The molecule has 2 atom stereocenters. The zero-order chi connectivity index (χ0) is 26.4. The minimum Gasteiger partial charge on any atom is -0.448 e. The van der Waals surface area contributed by atoms with Crippen molar-refractivity contribution in [1.82, 2.24) is 9.96 Å². The van der Waals surface area contributed by atoms with Gasteiger partial charge >= 0.3 is 12.1 Å². The molecule has 3 aromatic carbocycles. The van der Waals surface area contributed by atoms with Crippen LogP contribution in [-0.4, -0.2) is 53.5 Å². The van der Waals surface area contributed by atoms with Gasteiger partial charge in [0, 0.05) is 19.0 Å². The Labute approximate surface area is 219 Å². The SMILES string of the molecule is C[C@@H]1C[C@H](C(=O)ON2C(=O)c3ccccc3C2=O)CN(C(=O)OCC2c3ccccc3-c3ccccc32)C1. The summed E-state index contributed by atoms with van der Waals surface area (Å²) in [7, 11) is 0. The fraction of sp³-hybridized carbons (Fsp3) is 0.267. The molecule has 192 valence electrons. The number of amides is 3. The normalized spacial score (nSPS) is 20.1. The molecule has 0 saturated carbocycles. The number of hydrogen-bond acceptors (Lipinski definition) is 6. The van der Waals surface area contributed by atoms with Crippen LogP contribution < -0.4 is 0 Å². The zero-order valence-electron chi connectivity index (χ0n) is 20.8. The molecule has 0 bridgehead atoms. The molecule has 3 aromatic rings. The Morgan fingerprint density at radius 2 is 1.32 bits per heavy atom. The number of likely N-dealkylation sites (tertiary alicyclic amines) is 1. The summed E-state index contributed by atoms with van der Waals surface area (Å²) in [4.78, 5) is 58.1. The lowest BCUT2D eigenvalue weighted by Crippen LogP contribution is -2.47. The van der Waals surface area contributed by atoms with Gasteiger partial charge in [-0.3, -0.25) is 9.59 Å². The topological polar surface area (TPSA) is 93.2 Å². The lowest BCUT2D eigenvalue weighted by molar-refractivity contribution is -0.176. The predicted octanol–water partition coefficient (Wildman–Crippen LogP) is 4.65. The largest absolute Gasteiger partial charge is 0.448 e. The lowest BCUT2D eigenvalue weighted by atomic mass is 9.91. The highest BCUT2D eigenvalue weighted by Gasteiger charge is 2.41. The molecule has 3 amide bonds. The van der Waals surface area contributed by atoms with Gasteiger partial charge in [-0.25, -0.2) is 9.59 Å². The standard InChI is InChI=1S/C30H26N2O6/c1-18-14-19(29(35)38-32-27(33)24-12-6-7-13-25(24)28(32)34)16-31(15-18)30(36)37-17-26-22-10-4-2-8-20(22)21-9-3-5-11-23(21)26/h2-13,18-19,26H,14-17H2,1H3/t18-,19+/m1/s1. The van der Waals surface area contributed by atoms with Gasteiger partial charge in [0.25, 0.3) is 11.8 Å². The molecule has 0 N–H and O–H groups in total. The first-order chi connectivity index (χ1) is 18.4. The number of hydroxylamine groups is 2. The van der Waals surface area contributed by atoms with Crippen LogP contribution in [0.3, 0.4) is 0 Å². The van der Waals surface area contributed by atoms with Gasteiger partial charge in [-0.15, -0.1) is 0 Å². The molecule has 2 aliphatic heterocycles. The number of fused-ring (bicyclic) bond motifs is 4. The lowest BCUT2D eigenvalue weighted by Gasteiger charge is -2.35. The van der Waals surface area contributed by atoms with E-state index in [4.69, 9.17) is 9.57 Å². The minimum atomic E-state index is -0.720. The number of benzene rings is 3. The van der Waals surface area contributed by atoms with Crippen molar-refractivity contribution in [1.29, 1.82) is 0 Å². The van der Waals surface area contributed by atoms with Crippen molar-refractivity contribution >= 4 is 23.9 Å². The molecule has 1 fully saturated rings. The van der Waals surface area contributed by atoms with Crippen LogP contribution in [-0.2, 0) is 14.4 Å². The third-order valence-electron chi connectivity index (χ3n) is 7.53. The second-order valence-electron chi connectivity index (χ2n) is 10.1. The van der Waals surface area contributed by atoms with E-state index in [1.165, 1.54) is 17.0 Å². The monoisotopic (exact) mass is 510 g/mol. The Hall–Kier alpha value is -4.46. The Balaban J connectivity index is 1.11. The van der Waals surface area contributed by atoms with Crippen molar-refractivity contribution in [3.63, 3.8) is 0 Å². The fourth-order valence-corrected chi connectivity index (χ4v) is 5.77. The molecule has 1 saturated heterocycles. The summed E-state index contributed by atoms with van der Waals surface area (Å²) in [6, 6.07) is 22.6. The maximum atomic E-state index is 13.1. The number of nitrogens with zero attached hydrogens (tertiary/aromatic N) is 2. The molecule has 0 spiro atoms. The summed E-state index contributed by atoms with van der Waals surface area (Å²) >= 11 is 0. The average molecular weight is 511 g/mol. The van der Waals surface area contributed by atoms with Gasteiger partial charge in [0.1, 0.15) is 6.61 Å². The van der Waals surface area contributed by atoms with Crippen LogP contribution in [0.4, 0.5) is 4.79 Å². The van der Waals surface area contributed by atoms with Crippen molar-refractivity contribution in [3.05, 3.63) is 95.1 Å². The summed E-state index contributed by atoms with van der Waals surface area (Å²) in [5.74, 6) is -2.81. The second-order valence-corrected chi connectivity index (χ2v) is 10.1. The van der Waals surface area contributed by atoms with Crippen molar-refractivity contribution in [2.45, 2.75) is 19.3 Å². The van der Waals surface area contributed by atoms with Crippen LogP contribution in [0.2, 0.25) is 0 Å². The molecular formula is C30H26N2O6. The smallest absolute Gasteiger partial charge is 0.409 e. The molecule has 0 aromatic heterocycles. The first-order valence-electron chi connectivity index (χ1n) is 12.7. The van der Waals surface area contributed by atoms with Gasteiger partial charge in [-0.05, 0) is 46.7 Å².